The molecule has 0 fully saturated rings. The zero-order valence-electron chi connectivity index (χ0n) is 18.0. The van der Waals surface area contributed by atoms with Crippen molar-refractivity contribution in [1.29, 1.82) is 0 Å². The van der Waals surface area contributed by atoms with Gasteiger partial charge in [0, 0.05) is 30.0 Å². The van der Waals surface area contributed by atoms with Gasteiger partial charge in [-0.15, -0.1) is 0 Å². The van der Waals surface area contributed by atoms with Gasteiger partial charge in [0.2, 0.25) is 11.7 Å². The predicted molar refractivity (Wildman–Crippen MR) is 118 cm³/mol. The topological polar surface area (TPSA) is 65.1 Å². The third kappa shape index (κ3) is 3.71. The van der Waals surface area contributed by atoms with Crippen molar-refractivity contribution >= 4 is 29.0 Å². The van der Waals surface area contributed by atoms with Crippen LogP contribution in [-0.4, -0.2) is 33.0 Å². The molecule has 1 heterocycles. The van der Waals surface area contributed by atoms with E-state index in [4.69, 9.17) is 25.8 Å². The van der Waals surface area contributed by atoms with Crippen molar-refractivity contribution in [3.05, 3.63) is 58.0 Å². The fourth-order valence-electron chi connectivity index (χ4n) is 4.50. The van der Waals surface area contributed by atoms with Crippen LogP contribution in [0.1, 0.15) is 37.2 Å². The van der Waals surface area contributed by atoms with Crippen LogP contribution in [-0.2, 0) is 9.59 Å². The fourth-order valence-corrected chi connectivity index (χ4v) is 4.68. The van der Waals surface area contributed by atoms with E-state index >= 15 is 0 Å². The Morgan fingerprint density at radius 3 is 2.28 bits per heavy atom. The van der Waals surface area contributed by atoms with Gasteiger partial charge in [-0.25, -0.2) is 4.39 Å². The lowest BCUT2D eigenvalue weighted by Gasteiger charge is -2.38. The molecule has 0 N–H and O–H groups in total. The molecule has 0 saturated carbocycles. The summed E-state index contributed by atoms with van der Waals surface area (Å²) < 4.78 is 30.0. The van der Waals surface area contributed by atoms with Gasteiger partial charge in [0.25, 0.3) is 0 Å². The number of rotatable bonds is 5. The van der Waals surface area contributed by atoms with Crippen LogP contribution >= 0.6 is 11.6 Å². The number of amides is 1. The number of methoxy groups -OCH3 is 3. The number of carbonyl (C=O) groups is 2. The van der Waals surface area contributed by atoms with Crippen LogP contribution in [0.2, 0.25) is 5.02 Å². The van der Waals surface area contributed by atoms with E-state index in [9.17, 15) is 14.0 Å². The van der Waals surface area contributed by atoms with E-state index in [1.165, 1.54) is 44.4 Å². The van der Waals surface area contributed by atoms with E-state index in [0.29, 0.717) is 53.5 Å². The lowest BCUT2D eigenvalue weighted by Crippen LogP contribution is -2.40. The number of nitrogens with zero attached hydrogens (tertiary/aromatic N) is 1. The molecule has 1 amide bonds. The molecule has 0 radical (unpaired) electrons. The van der Waals surface area contributed by atoms with Crippen molar-refractivity contribution in [3.63, 3.8) is 0 Å². The number of anilines is 1. The van der Waals surface area contributed by atoms with Crippen LogP contribution in [0.5, 0.6) is 17.2 Å². The number of carbonyl (C=O) groups excluding carboxylic acids is 2. The van der Waals surface area contributed by atoms with E-state index in [1.54, 1.807) is 12.1 Å². The van der Waals surface area contributed by atoms with Gasteiger partial charge in [-0.05, 0) is 48.7 Å². The number of ketones is 1. The van der Waals surface area contributed by atoms with Gasteiger partial charge in [0.1, 0.15) is 5.82 Å². The summed E-state index contributed by atoms with van der Waals surface area (Å²) in [5.41, 5.74) is 2.41. The Morgan fingerprint density at radius 1 is 1.00 bits per heavy atom. The van der Waals surface area contributed by atoms with Gasteiger partial charge in [-0.3, -0.25) is 14.5 Å². The van der Waals surface area contributed by atoms with Gasteiger partial charge in [-0.2, -0.15) is 0 Å². The molecule has 2 aromatic carbocycles. The number of benzene rings is 2. The highest BCUT2D eigenvalue weighted by Crippen LogP contribution is 2.47. The second-order valence-corrected chi connectivity index (χ2v) is 8.09. The molecule has 2 aromatic rings. The maximum absolute atomic E-state index is 13.7. The summed E-state index contributed by atoms with van der Waals surface area (Å²) in [6.07, 6.45) is 1.67. The van der Waals surface area contributed by atoms with E-state index in [-0.39, 0.29) is 23.1 Å². The average Bonchev–Trinajstić information content (AvgIpc) is 2.79. The lowest BCUT2D eigenvalue weighted by molar-refractivity contribution is -0.119. The van der Waals surface area contributed by atoms with E-state index in [2.05, 4.69) is 0 Å². The minimum Gasteiger partial charge on any atom is -0.493 e. The largest absolute Gasteiger partial charge is 0.493 e. The van der Waals surface area contributed by atoms with E-state index in [0.717, 1.165) is 5.56 Å². The Bertz CT molecular complexity index is 1100. The molecular weight excluding hydrogens is 437 g/mol. The number of hydrogen-bond donors (Lipinski definition) is 0. The smallest absolute Gasteiger partial charge is 0.232 e. The third-order valence-electron chi connectivity index (χ3n) is 5.93. The molecule has 0 bridgehead atoms. The molecule has 0 spiro atoms. The Kier molecular flexibility index (Phi) is 6.11. The molecule has 1 atom stereocenters. The maximum Gasteiger partial charge on any atom is 0.232 e. The molecule has 32 heavy (non-hydrogen) atoms. The normalized spacial score (nSPS) is 18.5. The summed E-state index contributed by atoms with van der Waals surface area (Å²) in [4.78, 5) is 27.9. The highest BCUT2D eigenvalue weighted by atomic mass is 35.5. The molecule has 1 aliphatic heterocycles. The Balaban J connectivity index is 1.88. The lowest BCUT2D eigenvalue weighted by atomic mass is 9.77. The van der Waals surface area contributed by atoms with Crippen LogP contribution < -0.4 is 19.1 Å². The summed E-state index contributed by atoms with van der Waals surface area (Å²) in [5.74, 6) is 0.124. The van der Waals surface area contributed by atoms with Gasteiger partial charge in [0.15, 0.2) is 17.3 Å². The molecule has 168 valence electrons. The Hall–Kier alpha value is -3.06. The summed E-state index contributed by atoms with van der Waals surface area (Å²) in [6, 6.07) is 7.69. The number of ether oxygens (including phenoxy) is 3. The average molecular weight is 460 g/mol. The fraction of sp³-hybridized carbons (Fsp3) is 0.333. The van der Waals surface area contributed by atoms with Crippen molar-refractivity contribution in [1.82, 2.24) is 0 Å². The second-order valence-electron chi connectivity index (χ2n) is 7.68. The van der Waals surface area contributed by atoms with Crippen LogP contribution in [0.4, 0.5) is 10.1 Å². The standard InChI is InChI=1S/C24H23ClFNO5/c1-30-20-9-13(10-21(31-2)24(20)32-3)15-12-22(29)27(14-7-8-17(26)16(25)11-14)18-5-4-6-19(28)23(15)18/h7-11,15H,4-6,12H2,1-3H3/t15-/m0/s1. The van der Waals surface area contributed by atoms with E-state index < -0.39 is 11.7 Å². The van der Waals surface area contributed by atoms with Gasteiger partial charge in [-0.1, -0.05) is 11.6 Å². The SMILES string of the molecule is COc1cc([C@@H]2CC(=O)N(c3ccc(F)c(Cl)c3)C3=C2C(=O)CCC3)cc(OC)c1OC. The molecule has 8 heteroatoms. The predicted octanol–water partition coefficient (Wildman–Crippen LogP) is 5.03. The molecule has 2 aliphatic rings. The van der Waals surface area contributed by atoms with Crippen molar-refractivity contribution in [2.45, 2.75) is 31.6 Å². The van der Waals surface area contributed by atoms with Crippen LogP contribution in [0.3, 0.4) is 0 Å². The molecule has 4 rings (SSSR count). The minimum absolute atomic E-state index is 0.00397. The first-order valence-corrected chi connectivity index (χ1v) is 10.6. The number of halogens is 2. The van der Waals surface area contributed by atoms with Gasteiger partial charge < -0.3 is 14.2 Å². The van der Waals surface area contributed by atoms with Crippen molar-refractivity contribution in [2.24, 2.45) is 0 Å². The first-order chi connectivity index (χ1) is 15.4. The third-order valence-corrected chi connectivity index (χ3v) is 6.22. The van der Waals surface area contributed by atoms with Crippen LogP contribution in [0.15, 0.2) is 41.6 Å². The van der Waals surface area contributed by atoms with Crippen LogP contribution in [0, 0.1) is 5.82 Å². The zero-order valence-corrected chi connectivity index (χ0v) is 18.8. The van der Waals surface area contributed by atoms with Gasteiger partial charge in [0.05, 0.1) is 32.0 Å². The Morgan fingerprint density at radius 2 is 1.69 bits per heavy atom. The summed E-state index contributed by atoms with van der Waals surface area (Å²) in [6.45, 7) is 0. The van der Waals surface area contributed by atoms with Crippen LogP contribution in [0.25, 0.3) is 0 Å². The quantitative estimate of drug-likeness (QED) is 0.627. The molecular formula is C24H23ClFNO5. The summed E-state index contributed by atoms with van der Waals surface area (Å²) >= 11 is 5.97. The van der Waals surface area contributed by atoms with Gasteiger partial charge >= 0.3 is 0 Å². The van der Waals surface area contributed by atoms with Crippen molar-refractivity contribution in [3.8, 4) is 17.2 Å². The summed E-state index contributed by atoms with van der Waals surface area (Å²) in [7, 11) is 4.55. The maximum atomic E-state index is 13.7. The highest BCUT2D eigenvalue weighted by molar-refractivity contribution is 6.31. The Labute approximate surface area is 190 Å². The monoisotopic (exact) mass is 459 g/mol. The zero-order chi connectivity index (χ0) is 23.0. The molecule has 6 nitrogen and oxygen atoms in total. The first kappa shape index (κ1) is 22.1. The molecule has 1 aliphatic carbocycles. The number of Topliss-reactive ketones (excluding diaryl/α,β-unsaturated/α-hetero) is 1. The van der Waals surface area contributed by atoms with E-state index in [1.807, 2.05) is 0 Å². The molecule has 0 unspecified atom stereocenters. The number of hydrogen-bond acceptors (Lipinski definition) is 5. The molecule has 0 saturated heterocycles. The summed E-state index contributed by atoms with van der Waals surface area (Å²) in [5, 5.41) is -0.0775. The minimum atomic E-state index is -0.566. The van der Waals surface area contributed by atoms with Crippen molar-refractivity contribution in [2.75, 3.05) is 26.2 Å². The first-order valence-electron chi connectivity index (χ1n) is 10.2. The van der Waals surface area contributed by atoms with Crippen molar-refractivity contribution < 1.29 is 28.2 Å². The molecule has 0 aromatic heterocycles. The number of allylic oxidation sites excluding steroid dienone is 2. The second kappa shape index (κ2) is 8.82. The highest BCUT2D eigenvalue weighted by Gasteiger charge is 2.40.